The number of rotatable bonds is 8. The van der Waals surface area contributed by atoms with Gasteiger partial charge in [-0.15, -0.1) is 0 Å². The van der Waals surface area contributed by atoms with Crippen LogP contribution in [-0.4, -0.2) is 40.5 Å². The van der Waals surface area contributed by atoms with Gasteiger partial charge < -0.3 is 14.2 Å². The Morgan fingerprint density at radius 1 is 1.12 bits per heavy atom. The van der Waals surface area contributed by atoms with Crippen LogP contribution in [0.15, 0.2) is 36.4 Å². The molecule has 33 heavy (non-hydrogen) atoms. The molecule has 1 aromatic heterocycles. The molecule has 2 heterocycles. The van der Waals surface area contributed by atoms with Crippen LogP contribution in [0.4, 0.5) is 0 Å². The van der Waals surface area contributed by atoms with Crippen LogP contribution in [0.5, 0.6) is 0 Å². The number of methoxy groups -OCH3 is 1. The fourth-order valence-electron chi connectivity index (χ4n) is 6.39. The van der Waals surface area contributed by atoms with Gasteiger partial charge in [0.15, 0.2) is 0 Å². The van der Waals surface area contributed by atoms with Crippen LogP contribution in [0.25, 0.3) is 0 Å². The van der Waals surface area contributed by atoms with E-state index in [0.717, 1.165) is 19.4 Å². The molecule has 0 spiro atoms. The highest BCUT2D eigenvalue weighted by Crippen LogP contribution is 2.58. The minimum atomic E-state index is -1.02. The van der Waals surface area contributed by atoms with Crippen molar-refractivity contribution in [2.75, 3.05) is 13.7 Å². The molecule has 2 aromatic rings. The molecule has 1 unspecified atom stereocenters. The first kappa shape index (κ1) is 23.6. The van der Waals surface area contributed by atoms with Crippen LogP contribution in [0, 0.1) is 5.92 Å². The van der Waals surface area contributed by atoms with Crippen molar-refractivity contribution in [3.8, 4) is 0 Å². The Bertz CT molecular complexity index is 1010. The Morgan fingerprint density at radius 2 is 1.85 bits per heavy atom. The lowest BCUT2D eigenvalue weighted by Gasteiger charge is -2.36. The molecule has 1 aliphatic carbocycles. The lowest BCUT2D eigenvalue weighted by atomic mass is 9.78. The molecule has 1 aliphatic heterocycles. The van der Waals surface area contributed by atoms with E-state index in [4.69, 9.17) is 4.74 Å². The second-order valence-electron chi connectivity index (χ2n) is 9.94. The number of aromatic nitrogens is 1. The maximum Gasteiger partial charge on any atom is 0.332 e. The molecule has 0 radical (unpaired) electrons. The number of fused-ring (bicyclic) bond motifs is 3. The van der Waals surface area contributed by atoms with Crippen LogP contribution in [0.2, 0.25) is 0 Å². The van der Waals surface area contributed by atoms with Gasteiger partial charge in [0.2, 0.25) is 0 Å². The number of ether oxygens (including phenoxy) is 1. The topological polar surface area (TPSA) is 51.5 Å². The second kappa shape index (κ2) is 9.36. The monoisotopic (exact) mass is 450 g/mol. The van der Waals surface area contributed by atoms with Crippen molar-refractivity contribution in [1.82, 2.24) is 9.47 Å². The Balaban J connectivity index is 1.79. The Labute approximate surface area is 198 Å². The smallest absolute Gasteiger partial charge is 0.332 e. The summed E-state index contributed by atoms with van der Waals surface area (Å²) in [6, 6.07) is 11.6. The SMILES string of the molecule is CCCCCn1c(CCC)cc2c1C(C)[C@@H]1CN(C(=O)c3ccccc3)[C@@](C)(C(=O)OC)[C@H]21. The van der Waals surface area contributed by atoms with E-state index in [1.54, 1.807) is 4.90 Å². The number of carbonyl (C=O) groups is 2. The molecule has 4 atom stereocenters. The first-order valence-electron chi connectivity index (χ1n) is 12.6. The van der Waals surface area contributed by atoms with E-state index in [1.165, 1.54) is 43.3 Å². The average molecular weight is 451 g/mol. The van der Waals surface area contributed by atoms with E-state index in [9.17, 15) is 9.59 Å². The maximum atomic E-state index is 13.6. The van der Waals surface area contributed by atoms with Crippen LogP contribution >= 0.6 is 0 Å². The summed E-state index contributed by atoms with van der Waals surface area (Å²) >= 11 is 0. The molecule has 5 nitrogen and oxygen atoms in total. The summed E-state index contributed by atoms with van der Waals surface area (Å²) in [4.78, 5) is 28.7. The third kappa shape index (κ3) is 3.70. The molecule has 178 valence electrons. The van der Waals surface area contributed by atoms with Crippen molar-refractivity contribution in [2.45, 2.75) is 83.7 Å². The Hall–Kier alpha value is -2.56. The van der Waals surface area contributed by atoms with Crippen molar-refractivity contribution in [2.24, 2.45) is 5.92 Å². The third-order valence-corrected chi connectivity index (χ3v) is 8.01. The van der Waals surface area contributed by atoms with Gasteiger partial charge in [-0.25, -0.2) is 4.79 Å². The van der Waals surface area contributed by atoms with Gasteiger partial charge in [-0.3, -0.25) is 4.79 Å². The number of benzene rings is 1. The van der Waals surface area contributed by atoms with Crippen molar-refractivity contribution < 1.29 is 14.3 Å². The van der Waals surface area contributed by atoms with Crippen molar-refractivity contribution >= 4 is 11.9 Å². The summed E-state index contributed by atoms with van der Waals surface area (Å²) in [6.07, 6.45) is 5.71. The first-order valence-corrected chi connectivity index (χ1v) is 12.6. The molecule has 2 aliphatic rings. The number of likely N-dealkylation sites (tertiary alicyclic amines) is 1. The zero-order valence-corrected chi connectivity index (χ0v) is 20.8. The fourth-order valence-corrected chi connectivity index (χ4v) is 6.39. The Morgan fingerprint density at radius 3 is 2.48 bits per heavy atom. The standard InChI is InChI=1S/C28H38N2O3/c1-6-8-12-16-29-21(13-7-2)17-22-24-23(19(3)25(22)29)18-30(28(24,4)27(32)33-5)26(31)20-14-10-9-11-15-20/h9-11,14-15,17,19,23-24H,6-8,12-13,16,18H2,1-5H3/t19?,23-,24+,28+/m0/s1. The van der Waals surface area contributed by atoms with Crippen molar-refractivity contribution in [3.63, 3.8) is 0 Å². The highest BCUT2D eigenvalue weighted by molar-refractivity contribution is 5.99. The quantitative estimate of drug-likeness (QED) is 0.392. The van der Waals surface area contributed by atoms with Crippen LogP contribution < -0.4 is 0 Å². The molecule has 5 heteroatoms. The molecule has 1 aromatic carbocycles. The van der Waals surface area contributed by atoms with E-state index in [0.29, 0.717) is 12.1 Å². The van der Waals surface area contributed by atoms with E-state index < -0.39 is 5.54 Å². The normalized spacial score (nSPS) is 25.7. The molecular formula is C28H38N2O3. The lowest BCUT2D eigenvalue weighted by molar-refractivity contribution is -0.151. The number of hydrogen-bond acceptors (Lipinski definition) is 3. The zero-order chi connectivity index (χ0) is 23.8. The minimum Gasteiger partial charge on any atom is -0.467 e. The van der Waals surface area contributed by atoms with Gasteiger partial charge in [-0.1, -0.05) is 58.2 Å². The van der Waals surface area contributed by atoms with Gasteiger partial charge in [0, 0.05) is 41.9 Å². The number of unbranched alkanes of at least 4 members (excludes halogenated alkanes) is 2. The molecular weight excluding hydrogens is 412 g/mol. The Kier molecular flexibility index (Phi) is 6.69. The number of amides is 1. The highest BCUT2D eigenvalue weighted by atomic mass is 16.5. The molecule has 1 saturated heterocycles. The predicted octanol–water partition coefficient (Wildman–Crippen LogP) is 5.54. The van der Waals surface area contributed by atoms with Gasteiger partial charge in [-0.2, -0.15) is 0 Å². The summed E-state index contributed by atoms with van der Waals surface area (Å²) in [5.74, 6) is 0.0261. The number of aryl methyl sites for hydroxylation is 1. The first-order chi connectivity index (χ1) is 15.9. The van der Waals surface area contributed by atoms with Gasteiger partial charge in [0.05, 0.1) is 7.11 Å². The van der Waals surface area contributed by atoms with Crippen LogP contribution in [0.3, 0.4) is 0 Å². The van der Waals surface area contributed by atoms with Crippen molar-refractivity contribution in [1.29, 1.82) is 0 Å². The van der Waals surface area contributed by atoms with E-state index in [-0.39, 0.29) is 29.6 Å². The summed E-state index contributed by atoms with van der Waals surface area (Å²) in [6.45, 7) is 10.3. The largest absolute Gasteiger partial charge is 0.467 e. The molecule has 0 N–H and O–H groups in total. The van der Waals surface area contributed by atoms with Gasteiger partial charge in [0.25, 0.3) is 5.91 Å². The number of esters is 1. The maximum absolute atomic E-state index is 13.6. The zero-order valence-electron chi connectivity index (χ0n) is 20.8. The van der Waals surface area contributed by atoms with E-state index in [2.05, 4.69) is 31.4 Å². The third-order valence-electron chi connectivity index (χ3n) is 8.01. The molecule has 1 fully saturated rings. The van der Waals surface area contributed by atoms with E-state index >= 15 is 0 Å². The predicted molar refractivity (Wildman–Crippen MR) is 130 cm³/mol. The van der Waals surface area contributed by atoms with Gasteiger partial charge in [0.1, 0.15) is 5.54 Å². The summed E-state index contributed by atoms with van der Waals surface area (Å²) in [5, 5.41) is 0. The minimum absolute atomic E-state index is 0.0503. The average Bonchev–Trinajstić information content (AvgIpc) is 3.42. The van der Waals surface area contributed by atoms with Crippen LogP contribution in [-0.2, 0) is 22.5 Å². The molecule has 1 amide bonds. The molecule has 4 rings (SSSR count). The number of nitrogens with zero attached hydrogens (tertiary/aromatic N) is 2. The molecule has 0 saturated carbocycles. The van der Waals surface area contributed by atoms with E-state index in [1.807, 2.05) is 37.3 Å². The van der Waals surface area contributed by atoms with Gasteiger partial charge >= 0.3 is 5.97 Å². The second-order valence-corrected chi connectivity index (χ2v) is 9.94. The number of hydrogen-bond donors (Lipinski definition) is 0. The molecule has 0 bridgehead atoms. The summed E-state index contributed by atoms with van der Waals surface area (Å²) in [5.41, 5.74) is 3.59. The summed E-state index contributed by atoms with van der Waals surface area (Å²) in [7, 11) is 1.43. The lowest BCUT2D eigenvalue weighted by Crippen LogP contribution is -2.54. The van der Waals surface area contributed by atoms with Gasteiger partial charge in [-0.05, 0) is 49.4 Å². The van der Waals surface area contributed by atoms with Crippen LogP contribution in [0.1, 0.15) is 92.5 Å². The number of carbonyl (C=O) groups excluding carboxylic acids is 2. The van der Waals surface area contributed by atoms with Crippen molar-refractivity contribution in [3.05, 3.63) is 58.9 Å². The highest BCUT2D eigenvalue weighted by Gasteiger charge is 2.63. The summed E-state index contributed by atoms with van der Waals surface area (Å²) < 4.78 is 7.88. The fraction of sp³-hybridized carbons (Fsp3) is 0.571.